The van der Waals surface area contributed by atoms with Crippen LogP contribution in [-0.2, 0) is 0 Å². The Kier molecular flexibility index (Phi) is 5.33. The molecular formula is C14H25F3. The highest BCUT2D eigenvalue weighted by atomic mass is 19.4. The van der Waals surface area contributed by atoms with Crippen molar-refractivity contribution in [1.29, 1.82) is 0 Å². The highest BCUT2D eigenvalue weighted by Crippen LogP contribution is 2.51. The molecule has 0 amide bonds. The van der Waals surface area contributed by atoms with Crippen LogP contribution in [0.2, 0.25) is 0 Å². The third-order valence-electron chi connectivity index (χ3n) is 4.42. The topological polar surface area (TPSA) is 0 Å². The molecule has 0 heterocycles. The fourth-order valence-electron chi connectivity index (χ4n) is 3.08. The van der Waals surface area contributed by atoms with Gasteiger partial charge >= 0.3 is 6.18 Å². The Bertz CT molecular complexity index is 208. The SMILES string of the molecule is CC(C)C1(C(F)(F)F)CCCCCCCCC1. The predicted octanol–water partition coefficient (Wildman–Crippen LogP) is 5.72. The maximum Gasteiger partial charge on any atom is 0.394 e. The zero-order valence-electron chi connectivity index (χ0n) is 11.1. The lowest BCUT2D eigenvalue weighted by Gasteiger charge is -2.40. The molecular weight excluding hydrogens is 225 g/mol. The second-order valence-electron chi connectivity index (χ2n) is 5.78. The first-order chi connectivity index (χ1) is 7.90. The molecule has 0 aromatic rings. The fourth-order valence-corrected chi connectivity index (χ4v) is 3.08. The summed E-state index contributed by atoms with van der Waals surface area (Å²) in [6, 6.07) is 0. The van der Waals surface area contributed by atoms with Gasteiger partial charge in [-0.2, -0.15) is 13.2 Å². The van der Waals surface area contributed by atoms with Crippen molar-refractivity contribution in [2.45, 2.75) is 77.8 Å². The van der Waals surface area contributed by atoms with Crippen LogP contribution in [0.1, 0.15) is 71.6 Å². The number of hydrogen-bond donors (Lipinski definition) is 0. The summed E-state index contributed by atoms with van der Waals surface area (Å²) in [6.45, 7) is 3.47. The largest absolute Gasteiger partial charge is 0.394 e. The summed E-state index contributed by atoms with van der Waals surface area (Å²) >= 11 is 0. The van der Waals surface area contributed by atoms with E-state index in [2.05, 4.69) is 0 Å². The van der Waals surface area contributed by atoms with Crippen molar-refractivity contribution in [3.63, 3.8) is 0 Å². The van der Waals surface area contributed by atoms with Crippen LogP contribution in [0.3, 0.4) is 0 Å². The minimum Gasteiger partial charge on any atom is -0.170 e. The summed E-state index contributed by atoms with van der Waals surface area (Å²) in [7, 11) is 0. The van der Waals surface area contributed by atoms with Gasteiger partial charge in [0.25, 0.3) is 0 Å². The fraction of sp³-hybridized carbons (Fsp3) is 1.00. The van der Waals surface area contributed by atoms with Crippen LogP contribution in [0.4, 0.5) is 13.2 Å². The van der Waals surface area contributed by atoms with Crippen molar-refractivity contribution in [2.24, 2.45) is 11.3 Å². The second-order valence-corrected chi connectivity index (χ2v) is 5.78. The van der Waals surface area contributed by atoms with Crippen molar-refractivity contribution >= 4 is 0 Å². The Morgan fingerprint density at radius 3 is 1.41 bits per heavy atom. The van der Waals surface area contributed by atoms with E-state index < -0.39 is 11.6 Å². The van der Waals surface area contributed by atoms with E-state index >= 15 is 0 Å². The zero-order chi connectivity index (χ0) is 12.9. The van der Waals surface area contributed by atoms with Crippen LogP contribution in [0, 0.1) is 11.3 Å². The van der Waals surface area contributed by atoms with Crippen LogP contribution < -0.4 is 0 Å². The molecule has 0 saturated heterocycles. The molecule has 0 spiro atoms. The molecule has 0 aromatic carbocycles. The van der Waals surface area contributed by atoms with E-state index in [1.54, 1.807) is 13.8 Å². The molecule has 0 nitrogen and oxygen atoms in total. The zero-order valence-corrected chi connectivity index (χ0v) is 11.1. The first kappa shape index (κ1) is 14.8. The molecule has 1 saturated carbocycles. The smallest absolute Gasteiger partial charge is 0.170 e. The van der Waals surface area contributed by atoms with Crippen LogP contribution in [0.15, 0.2) is 0 Å². The van der Waals surface area contributed by atoms with Gasteiger partial charge in [0.2, 0.25) is 0 Å². The summed E-state index contributed by atoms with van der Waals surface area (Å²) < 4.78 is 40.2. The molecule has 0 bridgehead atoms. The van der Waals surface area contributed by atoms with Gasteiger partial charge in [0.15, 0.2) is 0 Å². The maximum atomic E-state index is 13.4. The van der Waals surface area contributed by atoms with E-state index in [0.29, 0.717) is 12.8 Å². The molecule has 1 aliphatic rings. The van der Waals surface area contributed by atoms with E-state index in [1.165, 1.54) is 6.42 Å². The molecule has 0 aliphatic heterocycles. The molecule has 3 heteroatoms. The highest BCUT2D eigenvalue weighted by molar-refractivity contribution is 4.89. The number of rotatable bonds is 1. The van der Waals surface area contributed by atoms with E-state index in [-0.39, 0.29) is 5.92 Å². The Labute approximate surface area is 103 Å². The normalized spacial score (nSPS) is 23.6. The number of alkyl halides is 3. The van der Waals surface area contributed by atoms with Crippen LogP contribution in [0.25, 0.3) is 0 Å². The highest BCUT2D eigenvalue weighted by Gasteiger charge is 2.55. The predicted molar refractivity (Wildman–Crippen MR) is 64.9 cm³/mol. The molecule has 0 N–H and O–H groups in total. The number of hydrogen-bond acceptors (Lipinski definition) is 0. The standard InChI is InChI=1S/C14H25F3/c1-12(2)13(14(15,16)17)10-8-6-4-3-5-7-9-11-13/h12H,3-11H2,1-2H3. The molecule has 0 aromatic heterocycles. The Hall–Kier alpha value is -0.210. The number of halogens is 3. The van der Waals surface area contributed by atoms with Gasteiger partial charge in [-0.05, 0) is 18.8 Å². The molecule has 1 aliphatic carbocycles. The van der Waals surface area contributed by atoms with Crippen LogP contribution in [-0.4, -0.2) is 6.18 Å². The van der Waals surface area contributed by atoms with E-state index in [9.17, 15) is 13.2 Å². The summed E-state index contributed by atoms with van der Waals surface area (Å²) in [4.78, 5) is 0. The molecule has 0 atom stereocenters. The Morgan fingerprint density at radius 2 is 1.12 bits per heavy atom. The lowest BCUT2D eigenvalue weighted by molar-refractivity contribution is -0.246. The van der Waals surface area contributed by atoms with Crippen molar-refractivity contribution in [1.82, 2.24) is 0 Å². The van der Waals surface area contributed by atoms with Gasteiger partial charge in [0.05, 0.1) is 5.41 Å². The third-order valence-corrected chi connectivity index (χ3v) is 4.42. The average Bonchev–Trinajstić information content (AvgIpc) is 2.23. The summed E-state index contributed by atoms with van der Waals surface area (Å²) in [5, 5.41) is 0. The molecule has 1 fully saturated rings. The Morgan fingerprint density at radius 1 is 0.765 bits per heavy atom. The lowest BCUT2D eigenvalue weighted by Crippen LogP contribution is -2.42. The second kappa shape index (κ2) is 6.10. The van der Waals surface area contributed by atoms with Crippen molar-refractivity contribution in [3.8, 4) is 0 Å². The molecule has 0 radical (unpaired) electrons. The first-order valence-electron chi connectivity index (χ1n) is 6.97. The van der Waals surface area contributed by atoms with Gasteiger partial charge in [0.1, 0.15) is 0 Å². The summed E-state index contributed by atoms with van der Waals surface area (Å²) in [6.07, 6.45) is 3.41. The summed E-state index contributed by atoms with van der Waals surface area (Å²) in [5.41, 5.74) is -1.43. The van der Waals surface area contributed by atoms with Gasteiger partial charge in [0, 0.05) is 0 Å². The van der Waals surface area contributed by atoms with E-state index in [1.807, 2.05) is 0 Å². The quantitative estimate of drug-likeness (QED) is 0.558. The van der Waals surface area contributed by atoms with Gasteiger partial charge in [-0.25, -0.2) is 0 Å². The monoisotopic (exact) mass is 250 g/mol. The van der Waals surface area contributed by atoms with Gasteiger partial charge in [-0.15, -0.1) is 0 Å². The third kappa shape index (κ3) is 3.62. The van der Waals surface area contributed by atoms with E-state index in [0.717, 1.165) is 38.5 Å². The minimum atomic E-state index is -4.04. The van der Waals surface area contributed by atoms with Gasteiger partial charge < -0.3 is 0 Å². The average molecular weight is 250 g/mol. The van der Waals surface area contributed by atoms with Gasteiger partial charge in [-0.3, -0.25) is 0 Å². The first-order valence-corrected chi connectivity index (χ1v) is 6.97. The maximum absolute atomic E-state index is 13.4. The van der Waals surface area contributed by atoms with Crippen LogP contribution >= 0.6 is 0 Å². The van der Waals surface area contributed by atoms with Gasteiger partial charge in [-0.1, -0.05) is 58.8 Å². The van der Waals surface area contributed by atoms with Crippen molar-refractivity contribution in [2.75, 3.05) is 0 Å². The lowest BCUT2D eigenvalue weighted by atomic mass is 9.69. The minimum absolute atomic E-state index is 0.304. The molecule has 0 unspecified atom stereocenters. The van der Waals surface area contributed by atoms with Crippen molar-refractivity contribution < 1.29 is 13.2 Å². The Balaban J connectivity index is 2.82. The molecule has 1 rings (SSSR count). The molecule has 102 valence electrons. The van der Waals surface area contributed by atoms with Crippen molar-refractivity contribution in [3.05, 3.63) is 0 Å². The molecule has 17 heavy (non-hydrogen) atoms. The summed E-state index contributed by atoms with van der Waals surface area (Å²) in [5.74, 6) is -0.304. The van der Waals surface area contributed by atoms with Crippen LogP contribution in [0.5, 0.6) is 0 Å². The van der Waals surface area contributed by atoms with E-state index in [4.69, 9.17) is 0 Å².